The van der Waals surface area contributed by atoms with Crippen LogP contribution in [0.1, 0.15) is 20.3 Å². The molecule has 19 heavy (non-hydrogen) atoms. The normalized spacial score (nSPS) is 14.8. The Kier molecular flexibility index (Phi) is 5.47. The molecular formula is C13H18F3NO2. The summed E-state index contributed by atoms with van der Waals surface area (Å²) in [6, 6.07) is 5.13. The van der Waals surface area contributed by atoms with E-state index in [0.717, 1.165) is 0 Å². The highest BCUT2D eigenvalue weighted by Gasteiger charge is 2.45. The van der Waals surface area contributed by atoms with Gasteiger partial charge in [-0.1, -0.05) is 19.1 Å². The van der Waals surface area contributed by atoms with Crippen LogP contribution in [0.15, 0.2) is 24.3 Å². The SMILES string of the molecule is CCOc1ccccc1OC(C(N)CC)C(F)(F)F. The third-order valence-corrected chi connectivity index (χ3v) is 2.59. The second kappa shape index (κ2) is 6.65. The Morgan fingerprint density at radius 2 is 1.74 bits per heavy atom. The molecule has 1 aromatic rings. The van der Waals surface area contributed by atoms with Crippen molar-refractivity contribution < 1.29 is 22.6 Å². The van der Waals surface area contributed by atoms with E-state index >= 15 is 0 Å². The maximum absolute atomic E-state index is 12.9. The summed E-state index contributed by atoms with van der Waals surface area (Å²) in [6.45, 7) is 3.67. The third-order valence-electron chi connectivity index (χ3n) is 2.59. The van der Waals surface area contributed by atoms with Gasteiger partial charge in [0, 0.05) is 0 Å². The van der Waals surface area contributed by atoms with Gasteiger partial charge in [0.1, 0.15) is 0 Å². The Morgan fingerprint density at radius 3 is 2.21 bits per heavy atom. The fourth-order valence-electron chi connectivity index (χ4n) is 1.57. The smallest absolute Gasteiger partial charge is 0.426 e. The number of hydrogen-bond acceptors (Lipinski definition) is 3. The van der Waals surface area contributed by atoms with Gasteiger partial charge in [0.15, 0.2) is 11.5 Å². The molecule has 0 saturated heterocycles. The second-order valence-electron chi connectivity index (χ2n) is 4.03. The summed E-state index contributed by atoms with van der Waals surface area (Å²) < 4.78 is 49.0. The van der Waals surface area contributed by atoms with Crippen LogP contribution in [0.2, 0.25) is 0 Å². The van der Waals surface area contributed by atoms with Crippen molar-refractivity contribution in [3.8, 4) is 11.5 Å². The van der Waals surface area contributed by atoms with E-state index in [-0.39, 0.29) is 17.9 Å². The van der Waals surface area contributed by atoms with Gasteiger partial charge >= 0.3 is 6.18 Å². The van der Waals surface area contributed by atoms with Crippen LogP contribution >= 0.6 is 0 Å². The van der Waals surface area contributed by atoms with Crippen LogP contribution in [0, 0.1) is 0 Å². The zero-order chi connectivity index (χ0) is 14.5. The Bertz CT molecular complexity index is 396. The van der Waals surface area contributed by atoms with Crippen LogP contribution in [0.3, 0.4) is 0 Å². The van der Waals surface area contributed by atoms with Crippen LogP contribution < -0.4 is 15.2 Å². The van der Waals surface area contributed by atoms with E-state index in [0.29, 0.717) is 6.61 Å². The quantitative estimate of drug-likeness (QED) is 0.868. The van der Waals surface area contributed by atoms with Crippen LogP contribution in [0.4, 0.5) is 13.2 Å². The molecule has 6 heteroatoms. The highest BCUT2D eigenvalue weighted by Crippen LogP contribution is 2.33. The molecule has 2 atom stereocenters. The maximum Gasteiger partial charge on any atom is 0.426 e. The third kappa shape index (κ3) is 4.31. The van der Waals surface area contributed by atoms with Crippen LogP contribution in [-0.2, 0) is 0 Å². The maximum atomic E-state index is 12.9. The number of para-hydroxylation sites is 2. The molecule has 2 N–H and O–H groups in total. The lowest BCUT2D eigenvalue weighted by molar-refractivity contribution is -0.201. The molecule has 0 aliphatic heterocycles. The topological polar surface area (TPSA) is 44.5 Å². The standard InChI is InChI=1S/C13H18F3NO2/c1-3-9(17)12(13(14,15)16)19-11-8-6-5-7-10(11)18-4-2/h5-9,12H,3-4,17H2,1-2H3. The summed E-state index contributed by atoms with van der Waals surface area (Å²) in [5.41, 5.74) is 5.49. The van der Waals surface area contributed by atoms with E-state index in [1.54, 1.807) is 32.0 Å². The summed E-state index contributed by atoms with van der Waals surface area (Å²) in [7, 11) is 0. The molecule has 0 aliphatic carbocycles. The molecule has 0 radical (unpaired) electrons. The van der Waals surface area contributed by atoms with Crippen molar-refractivity contribution in [3.05, 3.63) is 24.3 Å². The zero-order valence-corrected chi connectivity index (χ0v) is 10.9. The predicted octanol–water partition coefficient (Wildman–Crippen LogP) is 3.13. The first-order valence-corrected chi connectivity index (χ1v) is 6.10. The van der Waals surface area contributed by atoms with Crippen molar-refractivity contribution in [3.63, 3.8) is 0 Å². The Morgan fingerprint density at radius 1 is 1.16 bits per heavy atom. The minimum absolute atomic E-state index is 0.0515. The van der Waals surface area contributed by atoms with Crippen molar-refractivity contribution in [2.24, 2.45) is 5.73 Å². The van der Waals surface area contributed by atoms with E-state index in [9.17, 15) is 13.2 Å². The number of rotatable bonds is 6. The number of halogens is 3. The molecule has 1 rings (SSSR count). The van der Waals surface area contributed by atoms with Gasteiger partial charge in [-0.3, -0.25) is 0 Å². The minimum Gasteiger partial charge on any atom is -0.490 e. The van der Waals surface area contributed by atoms with Gasteiger partial charge in [0.05, 0.1) is 12.6 Å². The number of nitrogens with two attached hydrogens (primary N) is 1. The first-order chi connectivity index (χ1) is 8.90. The van der Waals surface area contributed by atoms with E-state index < -0.39 is 18.3 Å². The number of ether oxygens (including phenoxy) is 2. The van der Waals surface area contributed by atoms with E-state index in [2.05, 4.69) is 0 Å². The van der Waals surface area contributed by atoms with Crippen molar-refractivity contribution in [2.45, 2.75) is 38.6 Å². The number of alkyl halides is 3. The van der Waals surface area contributed by atoms with E-state index in [1.165, 1.54) is 6.07 Å². The summed E-state index contributed by atoms with van der Waals surface area (Å²) in [4.78, 5) is 0. The molecular weight excluding hydrogens is 259 g/mol. The summed E-state index contributed by atoms with van der Waals surface area (Å²) in [5.74, 6) is 0.332. The molecule has 0 saturated carbocycles. The predicted molar refractivity (Wildman–Crippen MR) is 66.3 cm³/mol. The molecule has 0 bridgehead atoms. The summed E-state index contributed by atoms with van der Waals surface area (Å²) >= 11 is 0. The molecule has 0 spiro atoms. The number of hydrogen-bond donors (Lipinski definition) is 1. The molecule has 0 aromatic heterocycles. The number of benzene rings is 1. The highest BCUT2D eigenvalue weighted by atomic mass is 19.4. The molecule has 1 aromatic carbocycles. The average Bonchev–Trinajstić information content (AvgIpc) is 2.35. The first-order valence-electron chi connectivity index (χ1n) is 6.10. The van der Waals surface area contributed by atoms with Crippen molar-refractivity contribution in [1.82, 2.24) is 0 Å². The van der Waals surface area contributed by atoms with E-state index in [4.69, 9.17) is 15.2 Å². The summed E-state index contributed by atoms with van der Waals surface area (Å²) in [6.07, 6.45) is -6.39. The van der Waals surface area contributed by atoms with Crippen molar-refractivity contribution in [1.29, 1.82) is 0 Å². The van der Waals surface area contributed by atoms with Gasteiger partial charge in [0.2, 0.25) is 6.10 Å². The van der Waals surface area contributed by atoms with Gasteiger partial charge in [-0.15, -0.1) is 0 Å². The Labute approximate surface area is 110 Å². The van der Waals surface area contributed by atoms with Crippen molar-refractivity contribution >= 4 is 0 Å². The molecule has 0 aliphatic rings. The van der Waals surface area contributed by atoms with Gasteiger partial charge in [-0.2, -0.15) is 13.2 Å². The van der Waals surface area contributed by atoms with Gasteiger partial charge in [-0.05, 0) is 25.5 Å². The lowest BCUT2D eigenvalue weighted by Gasteiger charge is -2.27. The van der Waals surface area contributed by atoms with E-state index in [1.807, 2.05) is 0 Å². The van der Waals surface area contributed by atoms with Gasteiger partial charge < -0.3 is 15.2 Å². The van der Waals surface area contributed by atoms with Crippen molar-refractivity contribution in [2.75, 3.05) is 6.61 Å². The Hall–Kier alpha value is -1.43. The minimum atomic E-state index is -4.52. The largest absolute Gasteiger partial charge is 0.490 e. The highest BCUT2D eigenvalue weighted by molar-refractivity contribution is 5.39. The molecule has 2 unspecified atom stereocenters. The first kappa shape index (κ1) is 15.6. The fourth-order valence-corrected chi connectivity index (χ4v) is 1.57. The molecule has 0 fully saturated rings. The average molecular weight is 277 g/mol. The van der Waals surface area contributed by atoms with Crippen LogP contribution in [-0.4, -0.2) is 24.9 Å². The van der Waals surface area contributed by atoms with Gasteiger partial charge in [0.25, 0.3) is 0 Å². The Balaban J connectivity index is 2.96. The lowest BCUT2D eigenvalue weighted by atomic mass is 10.1. The van der Waals surface area contributed by atoms with Crippen LogP contribution in [0.5, 0.6) is 11.5 Å². The molecule has 0 heterocycles. The van der Waals surface area contributed by atoms with Gasteiger partial charge in [-0.25, -0.2) is 0 Å². The molecule has 0 amide bonds. The fraction of sp³-hybridized carbons (Fsp3) is 0.538. The zero-order valence-electron chi connectivity index (χ0n) is 10.9. The van der Waals surface area contributed by atoms with Crippen LogP contribution in [0.25, 0.3) is 0 Å². The molecule has 3 nitrogen and oxygen atoms in total. The summed E-state index contributed by atoms with van der Waals surface area (Å²) in [5, 5.41) is 0. The second-order valence-corrected chi connectivity index (χ2v) is 4.03. The lowest BCUT2D eigenvalue weighted by Crippen LogP contribution is -2.48. The monoisotopic (exact) mass is 277 g/mol. The molecule has 108 valence electrons.